The zero-order chi connectivity index (χ0) is 61.2. The van der Waals surface area contributed by atoms with Crippen LogP contribution in [-0.2, 0) is 68.7 Å². The van der Waals surface area contributed by atoms with Crippen molar-refractivity contribution in [1.29, 1.82) is 0 Å². The van der Waals surface area contributed by atoms with Crippen molar-refractivity contribution in [2.45, 2.75) is 174 Å². The van der Waals surface area contributed by atoms with Crippen molar-refractivity contribution in [2.75, 3.05) is 0 Å². The topological polar surface area (TPSA) is 474 Å². The van der Waals surface area contributed by atoms with Gasteiger partial charge in [0.1, 0.15) is 48.3 Å². The average Bonchev–Trinajstić information content (AvgIpc) is 3.83. The normalized spacial score (nSPS) is 14.7. The van der Waals surface area contributed by atoms with Gasteiger partial charge in [0.25, 0.3) is 0 Å². The van der Waals surface area contributed by atoms with Gasteiger partial charge in [-0.15, -0.1) is 0 Å². The number of imidazole rings is 1. The Bertz CT molecular complexity index is 2280. The molecule has 8 amide bonds. The van der Waals surface area contributed by atoms with Gasteiger partial charge in [0, 0.05) is 24.7 Å². The third-order valence-corrected chi connectivity index (χ3v) is 10.9. The molecule has 0 radical (unpaired) electrons. The quantitative estimate of drug-likeness (QED) is 0.0381. The fraction of sp³-hybridized carbons (Fsp3) is 0.660. The largest absolute Gasteiger partial charge is 0.490 e. The molecule has 0 saturated carbocycles. The number of alkyl halides is 3. The molecule has 0 aromatic carbocycles. The number of rotatable bonds is 33. The highest BCUT2D eigenvalue weighted by Crippen LogP contribution is 2.14. The summed E-state index contributed by atoms with van der Waals surface area (Å²) in [6.45, 7) is 14.8. The molecule has 1 aromatic rings. The first-order valence-corrected chi connectivity index (χ1v) is 24.7. The number of nitrogens with two attached hydrogens (primary N) is 1. The molecule has 0 aliphatic carbocycles. The molecule has 16 N–H and O–H groups in total. The smallest absolute Gasteiger partial charge is 0.481 e. The predicted octanol–water partition coefficient (Wildman–Crippen LogP) is -1.50. The molecule has 1 heterocycles. The van der Waals surface area contributed by atoms with Crippen LogP contribution in [0.4, 0.5) is 13.2 Å². The van der Waals surface area contributed by atoms with Gasteiger partial charge in [-0.3, -0.25) is 57.5 Å². The Hall–Kier alpha value is -7.93. The van der Waals surface area contributed by atoms with E-state index in [4.69, 9.17) is 15.6 Å². The lowest BCUT2D eigenvalue weighted by molar-refractivity contribution is -0.192. The van der Waals surface area contributed by atoms with Crippen molar-refractivity contribution < 1.29 is 101 Å². The van der Waals surface area contributed by atoms with E-state index in [0.29, 0.717) is 5.69 Å². The van der Waals surface area contributed by atoms with Gasteiger partial charge in [0.05, 0.1) is 25.2 Å². The minimum atomic E-state index is -5.08. The summed E-state index contributed by atoms with van der Waals surface area (Å²) in [5, 5.41) is 64.1. The number of amides is 8. The number of nitrogens with zero attached hydrogens (tertiary/aromatic N) is 1. The first-order valence-electron chi connectivity index (χ1n) is 24.7. The lowest BCUT2D eigenvalue weighted by atomic mass is 9.99. The number of nitrogens with one attached hydrogen (secondary N) is 9. The van der Waals surface area contributed by atoms with Crippen molar-refractivity contribution in [2.24, 2.45) is 29.4 Å². The number of aromatic nitrogens is 2. The molecule has 79 heavy (non-hydrogen) atoms. The SMILES string of the molecule is CC(C)C[C@H](NC(=O)[C@H](CC(C)C)NC(=O)[C@H](CC(=O)O)NC(=O)[C@H](CC(=O)O)NC(=O)[C@H](Cc1cnc[nH]1)NC(=O)[C@H](CC(C)C)NC(=O)[C@@H](N)C(C)C)C(=O)N[C@@H](CCC(=O)O)C(=O)N[C@@H](C)C(=O)O.O=C(O)C(F)(F)F. The Morgan fingerprint density at radius 2 is 0.835 bits per heavy atom. The van der Waals surface area contributed by atoms with Crippen LogP contribution in [0.3, 0.4) is 0 Å². The summed E-state index contributed by atoms with van der Waals surface area (Å²) < 4.78 is 31.7. The molecule has 0 aliphatic heterocycles. The van der Waals surface area contributed by atoms with Gasteiger partial charge in [-0.1, -0.05) is 55.4 Å². The third kappa shape index (κ3) is 28.9. The van der Waals surface area contributed by atoms with E-state index in [2.05, 4.69) is 52.5 Å². The van der Waals surface area contributed by atoms with Crippen LogP contribution in [0.15, 0.2) is 12.5 Å². The summed E-state index contributed by atoms with van der Waals surface area (Å²) in [5.74, 6) is -18.0. The Morgan fingerprint density at radius 3 is 1.15 bits per heavy atom. The van der Waals surface area contributed by atoms with Gasteiger partial charge in [0.2, 0.25) is 47.3 Å². The Balaban J connectivity index is 0.00000809. The zero-order valence-electron chi connectivity index (χ0n) is 45.0. The van der Waals surface area contributed by atoms with Crippen molar-refractivity contribution in [1.82, 2.24) is 52.5 Å². The number of H-pyrrole nitrogens is 1. The first kappa shape index (κ1) is 71.1. The van der Waals surface area contributed by atoms with E-state index in [0.717, 1.165) is 6.92 Å². The zero-order valence-corrected chi connectivity index (χ0v) is 45.0. The minimum Gasteiger partial charge on any atom is -0.481 e. The van der Waals surface area contributed by atoms with Gasteiger partial charge < -0.3 is 78.8 Å². The van der Waals surface area contributed by atoms with Crippen LogP contribution in [0.1, 0.15) is 113 Å². The second-order valence-corrected chi connectivity index (χ2v) is 19.9. The summed E-state index contributed by atoms with van der Waals surface area (Å²) in [4.78, 5) is 171. The molecule has 0 bridgehead atoms. The molecule has 446 valence electrons. The van der Waals surface area contributed by atoms with E-state index in [9.17, 15) is 91.1 Å². The maximum Gasteiger partial charge on any atom is 0.490 e. The number of carboxylic acids is 5. The van der Waals surface area contributed by atoms with Crippen LogP contribution in [0, 0.1) is 23.7 Å². The van der Waals surface area contributed by atoms with Crippen LogP contribution in [-0.4, -0.2) is 173 Å². The molecule has 0 spiro atoms. The van der Waals surface area contributed by atoms with Crippen LogP contribution in [0.25, 0.3) is 0 Å². The lowest BCUT2D eigenvalue weighted by Crippen LogP contribution is -2.61. The Labute approximate surface area is 451 Å². The van der Waals surface area contributed by atoms with E-state index >= 15 is 0 Å². The van der Waals surface area contributed by atoms with Crippen LogP contribution >= 0.6 is 0 Å². The Kier molecular flexibility index (Phi) is 30.6. The highest BCUT2D eigenvalue weighted by atomic mass is 19.4. The highest BCUT2D eigenvalue weighted by Gasteiger charge is 2.39. The summed E-state index contributed by atoms with van der Waals surface area (Å²) >= 11 is 0. The van der Waals surface area contributed by atoms with E-state index in [1.54, 1.807) is 55.4 Å². The monoisotopic (exact) mass is 1140 g/mol. The second-order valence-electron chi connectivity index (χ2n) is 19.9. The molecular weight excluding hydrogens is 1060 g/mol. The summed E-state index contributed by atoms with van der Waals surface area (Å²) in [7, 11) is 0. The fourth-order valence-electron chi connectivity index (χ4n) is 6.82. The number of carbonyl (C=O) groups is 13. The number of hydrogen-bond donors (Lipinski definition) is 15. The number of hydrogen-bond acceptors (Lipinski definition) is 15. The van der Waals surface area contributed by atoms with E-state index in [1.807, 2.05) is 0 Å². The average molecular weight is 1140 g/mol. The number of carbonyl (C=O) groups excluding carboxylic acids is 8. The third-order valence-electron chi connectivity index (χ3n) is 10.9. The molecule has 1 aromatic heterocycles. The molecule has 0 unspecified atom stereocenters. The number of halogens is 3. The first-order chi connectivity index (χ1) is 36.4. The predicted molar refractivity (Wildman–Crippen MR) is 267 cm³/mol. The standard InChI is InChI=1S/C45H73N11O16.C2HF3O2/c1-20(2)12-27(38(64)50-26(10-11-33(57)58)37(63)49-24(9)45(71)72)51-39(65)28(13-21(3)4)52-42(68)31(16-34(59)60)55-43(69)32(17-35(61)62)54-41(67)30(15-25-18-47-19-48-25)53-40(66)29(14-22(5)6)56-44(70)36(46)23(7)8;3-2(4,5)1(6)7/h18-24,26-32,36H,10-17,46H2,1-9H3,(H,47,48)(H,49,63)(H,50,64)(H,51,65)(H,52,68)(H,53,66)(H,54,67)(H,55,69)(H,56,70)(H,57,58)(H,59,60)(H,61,62)(H,71,72);(H,6,7)/t24-,26-,27-,28-,29-,30-,31-,32-,36-;/m0./s1. The van der Waals surface area contributed by atoms with E-state index in [-0.39, 0.29) is 49.4 Å². The van der Waals surface area contributed by atoms with Gasteiger partial charge in [-0.2, -0.15) is 13.2 Å². The summed E-state index contributed by atoms with van der Waals surface area (Å²) in [6.07, 6.45) is -6.16. The molecule has 32 heteroatoms. The minimum absolute atomic E-state index is 0.0678. The van der Waals surface area contributed by atoms with Crippen LogP contribution < -0.4 is 48.3 Å². The van der Waals surface area contributed by atoms with Gasteiger partial charge in [0.15, 0.2) is 0 Å². The fourth-order valence-corrected chi connectivity index (χ4v) is 6.82. The van der Waals surface area contributed by atoms with Gasteiger partial charge in [-0.05, 0) is 56.3 Å². The molecule has 1 rings (SSSR count). The maximum atomic E-state index is 14.0. The summed E-state index contributed by atoms with van der Waals surface area (Å²) in [6, 6.07) is -13.7. The Morgan fingerprint density at radius 1 is 0.506 bits per heavy atom. The second kappa shape index (κ2) is 34.1. The van der Waals surface area contributed by atoms with Gasteiger partial charge >= 0.3 is 36.0 Å². The molecule has 0 fully saturated rings. The number of carboxylic acid groups (broad SMARTS) is 5. The number of aliphatic carboxylic acids is 5. The van der Waals surface area contributed by atoms with Gasteiger partial charge in [-0.25, -0.2) is 9.78 Å². The van der Waals surface area contributed by atoms with Crippen LogP contribution in [0.5, 0.6) is 0 Å². The highest BCUT2D eigenvalue weighted by molar-refractivity contribution is 5.99. The van der Waals surface area contributed by atoms with Crippen LogP contribution in [0.2, 0.25) is 0 Å². The molecule has 9 atom stereocenters. The van der Waals surface area contributed by atoms with Crippen molar-refractivity contribution in [3.8, 4) is 0 Å². The van der Waals surface area contributed by atoms with Crippen molar-refractivity contribution in [3.63, 3.8) is 0 Å². The van der Waals surface area contributed by atoms with E-state index < -0.39 is 163 Å². The van der Waals surface area contributed by atoms with Crippen molar-refractivity contribution >= 4 is 77.1 Å². The maximum absolute atomic E-state index is 14.0. The lowest BCUT2D eigenvalue weighted by Gasteiger charge is -2.28. The number of aromatic amines is 1. The van der Waals surface area contributed by atoms with Crippen molar-refractivity contribution in [3.05, 3.63) is 18.2 Å². The van der Waals surface area contributed by atoms with E-state index in [1.165, 1.54) is 12.5 Å². The molecule has 29 nitrogen and oxygen atoms in total. The molecule has 0 aliphatic rings. The summed E-state index contributed by atoms with van der Waals surface area (Å²) in [5.41, 5.74) is 6.31. The molecular formula is C47H74F3N11O18. The molecule has 0 saturated heterocycles.